The van der Waals surface area contributed by atoms with Crippen LogP contribution in [0.1, 0.15) is 31.2 Å². The van der Waals surface area contributed by atoms with Crippen LogP contribution in [0, 0.1) is 0 Å². The van der Waals surface area contributed by atoms with Gasteiger partial charge in [0.15, 0.2) is 11.3 Å². The van der Waals surface area contributed by atoms with Crippen molar-refractivity contribution in [2.24, 2.45) is 7.05 Å². The molecule has 118 valence electrons. The molecule has 8 heteroatoms. The molecule has 0 radical (unpaired) electrons. The number of carbonyl (C=O) groups is 3. The molecule has 0 fully saturated rings. The number of aromatic nitrogens is 3. The van der Waals surface area contributed by atoms with Crippen LogP contribution >= 0.6 is 0 Å². The lowest BCUT2D eigenvalue weighted by molar-refractivity contribution is -0.0588. The Labute approximate surface area is 135 Å². The van der Waals surface area contributed by atoms with Gasteiger partial charge >= 0.3 is 5.97 Å². The number of imidazole rings is 1. The van der Waals surface area contributed by atoms with Crippen LogP contribution in [0.3, 0.4) is 0 Å². The second-order valence-corrected chi connectivity index (χ2v) is 5.22. The third-order valence-electron chi connectivity index (χ3n) is 3.70. The van der Waals surface area contributed by atoms with Gasteiger partial charge in [0.1, 0.15) is 5.52 Å². The van der Waals surface area contributed by atoms with Crippen molar-refractivity contribution < 1.29 is 19.2 Å². The molecule has 8 nitrogen and oxygen atoms in total. The molecule has 0 aliphatic carbocycles. The molecule has 2 aromatic heterocycles. The largest absolute Gasteiger partial charge is 0.382 e. The molecule has 0 atom stereocenters. The molecule has 0 N–H and O–H groups in total. The van der Waals surface area contributed by atoms with Crippen LogP contribution in [0.2, 0.25) is 0 Å². The lowest BCUT2D eigenvalue weighted by Gasteiger charge is -2.12. The van der Waals surface area contributed by atoms with E-state index in [2.05, 4.69) is 9.97 Å². The molecule has 3 heterocycles. The molecule has 1 aliphatic rings. The number of fused-ring (bicyclic) bond motifs is 2. The van der Waals surface area contributed by atoms with Gasteiger partial charge in [0.05, 0.1) is 17.5 Å². The van der Waals surface area contributed by atoms with Crippen molar-refractivity contribution in [1.82, 2.24) is 19.6 Å². The van der Waals surface area contributed by atoms with E-state index in [1.165, 1.54) is 18.2 Å². The monoisotopic (exact) mass is 322 g/mol. The summed E-state index contributed by atoms with van der Waals surface area (Å²) in [7, 11) is 1.74. The zero-order valence-electron chi connectivity index (χ0n) is 12.5. The van der Waals surface area contributed by atoms with Gasteiger partial charge in [-0.3, -0.25) is 9.59 Å². The molecule has 1 aromatic carbocycles. The molecule has 0 saturated heterocycles. The number of hydrogen-bond acceptors (Lipinski definition) is 6. The predicted molar refractivity (Wildman–Crippen MR) is 80.9 cm³/mol. The average Bonchev–Trinajstić information content (AvgIpc) is 3.08. The van der Waals surface area contributed by atoms with Crippen molar-refractivity contribution in [1.29, 1.82) is 0 Å². The fourth-order valence-corrected chi connectivity index (χ4v) is 2.50. The minimum Gasteiger partial charge on any atom is -0.323 e. The number of imide groups is 1. The zero-order valence-corrected chi connectivity index (χ0v) is 12.5. The first-order valence-corrected chi connectivity index (χ1v) is 7.04. The lowest BCUT2D eigenvalue weighted by Crippen LogP contribution is -2.33. The van der Waals surface area contributed by atoms with E-state index in [1.54, 1.807) is 36.1 Å². The normalized spacial score (nSPS) is 13.5. The minimum atomic E-state index is -0.896. The Hall–Kier alpha value is -3.55. The van der Waals surface area contributed by atoms with Gasteiger partial charge in [-0.15, -0.1) is 0 Å². The van der Waals surface area contributed by atoms with E-state index in [0.717, 1.165) is 0 Å². The fourth-order valence-electron chi connectivity index (χ4n) is 2.50. The number of benzene rings is 1. The number of pyridine rings is 1. The van der Waals surface area contributed by atoms with E-state index >= 15 is 0 Å². The first kappa shape index (κ1) is 14.1. The molecule has 2 amide bonds. The molecule has 24 heavy (non-hydrogen) atoms. The van der Waals surface area contributed by atoms with Crippen LogP contribution in [-0.4, -0.2) is 37.4 Å². The first-order valence-electron chi connectivity index (χ1n) is 7.04. The Bertz CT molecular complexity index is 989. The predicted octanol–water partition coefficient (Wildman–Crippen LogP) is 1.34. The molecule has 0 saturated carbocycles. The van der Waals surface area contributed by atoms with Gasteiger partial charge in [0, 0.05) is 7.05 Å². The molecule has 1 aliphatic heterocycles. The topological polar surface area (TPSA) is 94.4 Å². The average molecular weight is 322 g/mol. The van der Waals surface area contributed by atoms with Crippen LogP contribution in [0.25, 0.3) is 11.2 Å². The second-order valence-electron chi connectivity index (χ2n) is 5.22. The third kappa shape index (κ3) is 1.97. The van der Waals surface area contributed by atoms with Crippen LogP contribution in [0.5, 0.6) is 0 Å². The highest BCUT2D eigenvalue weighted by Crippen LogP contribution is 2.23. The van der Waals surface area contributed by atoms with E-state index in [-0.39, 0.29) is 16.8 Å². The maximum Gasteiger partial charge on any atom is 0.382 e. The molecular formula is C16H10N4O4. The maximum atomic E-state index is 12.3. The Morgan fingerprint density at radius 3 is 2.38 bits per heavy atom. The summed E-state index contributed by atoms with van der Waals surface area (Å²) in [5.41, 5.74) is 1.49. The summed E-state index contributed by atoms with van der Waals surface area (Å²) in [6, 6.07) is 9.31. The van der Waals surface area contributed by atoms with Crippen molar-refractivity contribution in [3.63, 3.8) is 0 Å². The smallest absolute Gasteiger partial charge is 0.323 e. The van der Waals surface area contributed by atoms with Gasteiger partial charge in [0.2, 0.25) is 0 Å². The number of carbonyl (C=O) groups excluding carboxylic acids is 3. The summed E-state index contributed by atoms with van der Waals surface area (Å²) in [6.45, 7) is 0. The van der Waals surface area contributed by atoms with Crippen LogP contribution < -0.4 is 0 Å². The molecule has 0 bridgehead atoms. The van der Waals surface area contributed by atoms with Gasteiger partial charge in [-0.05, 0) is 24.3 Å². The Morgan fingerprint density at radius 1 is 1.04 bits per heavy atom. The Balaban J connectivity index is 1.63. The summed E-state index contributed by atoms with van der Waals surface area (Å²) in [5, 5.41) is 0.460. The summed E-state index contributed by atoms with van der Waals surface area (Å²) in [6.07, 6.45) is 1.57. The highest BCUT2D eigenvalue weighted by Gasteiger charge is 2.39. The summed E-state index contributed by atoms with van der Waals surface area (Å²) in [5.74, 6) is -2.25. The quantitative estimate of drug-likeness (QED) is 0.661. The van der Waals surface area contributed by atoms with E-state index < -0.39 is 17.8 Å². The number of amides is 2. The van der Waals surface area contributed by atoms with Gasteiger partial charge in [-0.2, -0.15) is 0 Å². The second kappa shape index (κ2) is 4.98. The Morgan fingerprint density at radius 2 is 1.71 bits per heavy atom. The molecule has 0 unspecified atom stereocenters. The minimum absolute atomic E-state index is 0.0253. The van der Waals surface area contributed by atoms with Crippen molar-refractivity contribution in [3.8, 4) is 0 Å². The SMILES string of the molecule is Cn1cnc2ccc(C(=O)ON3C(=O)c4ccccc4C3=O)nc21. The van der Waals surface area contributed by atoms with Crippen molar-refractivity contribution in [3.05, 3.63) is 59.5 Å². The summed E-state index contributed by atoms with van der Waals surface area (Å²) < 4.78 is 1.65. The maximum absolute atomic E-state index is 12.3. The van der Waals surface area contributed by atoms with Crippen molar-refractivity contribution in [2.75, 3.05) is 0 Å². The fraction of sp³-hybridized carbons (Fsp3) is 0.0625. The van der Waals surface area contributed by atoms with Gasteiger partial charge in [-0.25, -0.2) is 14.8 Å². The highest BCUT2D eigenvalue weighted by atomic mass is 16.7. The lowest BCUT2D eigenvalue weighted by atomic mass is 10.1. The van der Waals surface area contributed by atoms with E-state index in [9.17, 15) is 14.4 Å². The van der Waals surface area contributed by atoms with Gasteiger partial charge < -0.3 is 9.40 Å². The Kier molecular flexibility index (Phi) is 2.92. The van der Waals surface area contributed by atoms with Gasteiger partial charge in [-0.1, -0.05) is 17.2 Å². The number of hydroxylamine groups is 2. The standard InChI is InChI=1S/C16H10N4O4/c1-19-8-17-11-6-7-12(18-13(11)19)16(23)24-20-14(21)9-4-2-3-5-10(9)15(20)22/h2-8H,1H3. The molecule has 0 spiro atoms. The van der Waals surface area contributed by atoms with Gasteiger partial charge in [0.25, 0.3) is 11.8 Å². The van der Waals surface area contributed by atoms with Crippen LogP contribution in [0.4, 0.5) is 0 Å². The summed E-state index contributed by atoms with van der Waals surface area (Å²) in [4.78, 5) is 49.9. The molecular weight excluding hydrogens is 312 g/mol. The third-order valence-corrected chi connectivity index (χ3v) is 3.70. The number of aryl methyl sites for hydroxylation is 1. The van der Waals surface area contributed by atoms with E-state index in [0.29, 0.717) is 16.2 Å². The van der Waals surface area contributed by atoms with Crippen LogP contribution in [-0.2, 0) is 11.9 Å². The van der Waals surface area contributed by atoms with Crippen LogP contribution in [0.15, 0.2) is 42.7 Å². The first-order chi connectivity index (χ1) is 11.6. The van der Waals surface area contributed by atoms with Crippen molar-refractivity contribution >= 4 is 28.9 Å². The number of hydrogen-bond donors (Lipinski definition) is 0. The summed E-state index contributed by atoms with van der Waals surface area (Å²) >= 11 is 0. The van der Waals surface area contributed by atoms with Crippen molar-refractivity contribution in [2.45, 2.75) is 0 Å². The number of rotatable bonds is 2. The number of nitrogens with zero attached hydrogens (tertiary/aromatic N) is 4. The molecule has 4 rings (SSSR count). The molecule has 3 aromatic rings. The highest BCUT2D eigenvalue weighted by molar-refractivity contribution is 6.21. The zero-order chi connectivity index (χ0) is 16.8. The van der Waals surface area contributed by atoms with E-state index in [1.807, 2.05) is 0 Å². The van der Waals surface area contributed by atoms with E-state index in [4.69, 9.17) is 4.84 Å².